The molecule has 0 bridgehead atoms. The molecule has 3 heterocycles. The molecule has 0 saturated heterocycles. The minimum Gasteiger partial charge on any atom is -0.343 e. The molecule has 3 aromatic rings. The Labute approximate surface area is 194 Å². The SMILES string of the molecule is CC1(C)CC(=O)C2=C(C1)Nc1nc(SCc3ccccc3F)[nH]c(=O)c1[C@H]2c1cccnc1. The molecule has 0 radical (unpaired) electrons. The van der Waals surface area contributed by atoms with Crippen LogP contribution in [0.3, 0.4) is 0 Å². The molecule has 6 nitrogen and oxygen atoms in total. The molecule has 1 aromatic carbocycles. The Kier molecular flexibility index (Phi) is 5.40. The van der Waals surface area contributed by atoms with Crippen molar-refractivity contribution in [2.75, 3.05) is 5.32 Å². The Morgan fingerprint density at radius 1 is 1.15 bits per heavy atom. The van der Waals surface area contributed by atoms with Gasteiger partial charge in [-0.05, 0) is 35.1 Å². The van der Waals surface area contributed by atoms with E-state index in [1.165, 1.54) is 17.8 Å². The van der Waals surface area contributed by atoms with Gasteiger partial charge >= 0.3 is 0 Å². The summed E-state index contributed by atoms with van der Waals surface area (Å²) in [7, 11) is 0. The van der Waals surface area contributed by atoms with E-state index in [0.29, 0.717) is 46.3 Å². The number of carbonyl (C=O) groups is 1. The second-order valence-corrected chi connectivity index (χ2v) is 10.2. The molecule has 1 aliphatic heterocycles. The van der Waals surface area contributed by atoms with E-state index >= 15 is 0 Å². The molecule has 2 aromatic heterocycles. The number of thioether (sulfide) groups is 1. The summed E-state index contributed by atoms with van der Waals surface area (Å²) in [4.78, 5) is 38.2. The minimum absolute atomic E-state index is 0.0330. The Balaban J connectivity index is 1.58. The Bertz CT molecular complexity index is 1330. The standard InChI is InChI=1S/C25H23FN4O2S/c1-25(2)10-17-20(18(31)11-25)19(14-7-5-9-27-12-14)21-22(28-17)29-24(30-23(21)32)33-13-15-6-3-4-8-16(15)26/h3-9,12,19H,10-11,13H2,1-2H3,(H2,28,29,30,32)/t19-/m0/s1. The van der Waals surface area contributed by atoms with Crippen molar-refractivity contribution >= 4 is 23.4 Å². The smallest absolute Gasteiger partial charge is 0.257 e. The van der Waals surface area contributed by atoms with Gasteiger partial charge < -0.3 is 10.3 Å². The number of nitrogens with one attached hydrogen (secondary N) is 2. The summed E-state index contributed by atoms with van der Waals surface area (Å²) in [6.07, 6.45) is 4.45. The molecule has 5 rings (SSSR count). The summed E-state index contributed by atoms with van der Waals surface area (Å²) in [5.74, 6) is -0.0216. The molecular formula is C25H23FN4O2S. The third-order valence-electron chi connectivity index (χ3n) is 6.04. The lowest BCUT2D eigenvalue weighted by atomic mass is 9.69. The first-order valence-electron chi connectivity index (χ1n) is 10.8. The fourth-order valence-electron chi connectivity index (χ4n) is 4.60. The quantitative estimate of drug-likeness (QED) is 0.428. The zero-order chi connectivity index (χ0) is 23.2. The average Bonchev–Trinajstić information content (AvgIpc) is 2.77. The first kappa shape index (κ1) is 21.6. The summed E-state index contributed by atoms with van der Waals surface area (Å²) >= 11 is 1.26. The zero-order valence-electron chi connectivity index (χ0n) is 18.3. The number of rotatable bonds is 4. The minimum atomic E-state index is -0.532. The molecule has 2 N–H and O–H groups in total. The lowest BCUT2D eigenvalue weighted by Gasteiger charge is -2.38. The van der Waals surface area contributed by atoms with E-state index in [9.17, 15) is 14.0 Å². The van der Waals surface area contributed by atoms with Crippen LogP contribution in [0, 0.1) is 11.2 Å². The van der Waals surface area contributed by atoms with E-state index in [0.717, 1.165) is 11.3 Å². The second kappa shape index (κ2) is 8.26. The number of anilines is 1. The summed E-state index contributed by atoms with van der Waals surface area (Å²) in [5, 5.41) is 3.69. The van der Waals surface area contributed by atoms with Crippen LogP contribution in [0.2, 0.25) is 0 Å². The van der Waals surface area contributed by atoms with E-state index < -0.39 is 5.92 Å². The van der Waals surface area contributed by atoms with Gasteiger partial charge in [0, 0.05) is 41.8 Å². The maximum absolute atomic E-state index is 14.0. The van der Waals surface area contributed by atoms with Crippen molar-refractivity contribution in [3.8, 4) is 0 Å². The van der Waals surface area contributed by atoms with Gasteiger partial charge in [0.2, 0.25) is 0 Å². The first-order valence-corrected chi connectivity index (χ1v) is 11.7. The van der Waals surface area contributed by atoms with Gasteiger partial charge in [0.05, 0.1) is 5.56 Å². The number of aromatic amines is 1. The zero-order valence-corrected chi connectivity index (χ0v) is 19.1. The number of benzene rings is 1. The first-order chi connectivity index (χ1) is 15.8. The number of hydrogen-bond donors (Lipinski definition) is 2. The van der Waals surface area contributed by atoms with Crippen LogP contribution in [0.25, 0.3) is 0 Å². The van der Waals surface area contributed by atoms with Gasteiger partial charge in [-0.25, -0.2) is 9.37 Å². The number of fused-ring (bicyclic) bond motifs is 1. The number of H-pyrrole nitrogens is 1. The topological polar surface area (TPSA) is 87.7 Å². The molecule has 1 aliphatic carbocycles. The van der Waals surface area contributed by atoms with Crippen LogP contribution < -0.4 is 10.9 Å². The molecule has 0 amide bonds. The average molecular weight is 463 g/mol. The maximum atomic E-state index is 14.0. The second-order valence-electron chi connectivity index (χ2n) is 9.19. The number of pyridine rings is 1. The fourth-order valence-corrected chi connectivity index (χ4v) is 5.45. The molecule has 0 saturated carbocycles. The highest BCUT2D eigenvalue weighted by Gasteiger charge is 2.42. The highest BCUT2D eigenvalue weighted by molar-refractivity contribution is 7.98. The van der Waals surface area contributed by atoms with Crippen molar-refractivity contribution in [2.24, 2.45) is 5.41 Å². The summed E-state index contributed by atoms with van der Waals surface area (Å²) in [6, 6.07) is 10.2. The normalized spacial score (nSPS) is 19.0. The number of allylic oxidation sites excluding steroid dienone is 2. The lowest BCUT2D eigenvalue weighted by Crippen LogP contribution is -2.37. The van der Waals surface area contributed by atoms with Crippen molar-refractivity contribution in [3.63, 3.8) is 0 Å². The number of Topliss-reactive ketones (excluding diaryl/α,β-unsaturated/α-hetero) is 1. The molecule has 0 spiro atoms. The molecular weight excluding hydrogens is 439 g/mol. The van der Waals surface area contributed by atoms with Crippen molar-refractivity contribution in [2.45, 2.75) is 43.5 Å². The lowest BCUT2D eigenvalue weighted by molar-refractivity contribution is -0.118. The number of halogens is 1. The van der Waals surface area contributed by atoms with Crippen molar-refractivity contribution in [1.29, 1.82) is 0 Å². The van der Waals surface area contributed by atoms with Crippen molar-refractivity contribution in [1.82, 2.24) is 15.0 Å². The predicted octanol–water partition coefficient (Wildman–Crippen LogP) is 4.80. The van der Waals surface area contributed by atoms with Gasteiger partial charge in [-0.15, -0.1) is 0 Å². The summed E-state index contributed by atoms with van der Waals surface area (Å²) < 4.78 is 14.0. The van der Waals surface area contributed by atoms with Gasteiger partial charge in [-0.3, -0.25) is 14.6 Å². The summed E-state index contributed by atoms with van der Waals surface area (Å²) in [6.45, 7) is 4.12. The maximum Gasteiger partial charge on any atom is 0.257 e. The van der Waals surface area contributed by atoms with Crippen LogP contribution in [0.4, 0.5) is 10.2 Å². The van der Waals surface area contributed by atoms with Gasteiger partial charge in [0.15, 0.2) is 10.9 Å². The Morgan fingerprint density at radius 2 is 1.97 bits per heavy atom. The Hall–Kier alpha value is -3.26. The van der Waals surface area contributed by atoms with Gasteiger partial charge in [-0.2, -0.15) is 0 Å². The van der Waals surface area contributed by atoms with Crippen molar-refractivity contribution in [3.05, 3.63) is 92.9 Å². The number of carbonyl (C=O) groups excluding carboxylic acids is 1. The largest absolute Gasteiger partial charge is 0.343 e. The van der Waals surface area contributed by atoms with Crippen LogP contribution in [-0.2, 0) is 10.5 Å². The Morgan fingerprint density at radius 3 is 2.73 bits per heavy atom. The van der Waals surface area contributed by atoms with Crippen LogP contribution in [0.1, 0.15) is 49.3 Å². The molecule has 2 aliphatic rings. The van der Waals surface area contributed by atoms with Gasteiger partial charge in [-0.1, -0.05) is 49.9 Å². The van der Waals surface area contributed by atoms with Crippen molar-refractivity contribution < 1.29 is 9.18 Å². The van der Waals surface area contributed by atoms with Crippen LogP contribution in [-0.4, -0.2) is 20.7 Å². The van der Waals surface area contributed by atoms with E-state index in [-0.39, 0.29) is 22.6 Å². The van der Waals surface area contributed by atoms with Crippen LogP contribution >= 0.6 is 11.8 Å². The third kappa shape index (κ3) is 4.11. The highest BCUT2D eigenvalue weighted by atomic mass is 32.2. The molecule has 33 heavy (non-hydrogen) atoms. The number of nitrogens with zero attached hydrogens (tertiary/aromatic N) is 2. The fraction of sp³-hybridized carbons (Fsp3) is 0.280. The predicted molar refractivity (Wildman–Crippen MR) is 126 cm³/mol. The van der Waals surface area contributed by atoms with E-state index in [1.807, 2.05) is 6.07 Å². The third-order valence-corrected chi connectivity index (χ3v) is 6.96. The van der Waals surface area contributed by atoms with E-state index in [2.05, 4.69) is 34.1 Å². The van der Waals surface area contributed by atoms with Gasteiger partial charge in [0.1, 0.15) is 11.6 Å². The monoisotopic (exact) mass is 462 g/mol. The molecule has 0 fully saturated rings. The highest BCUT2D eigenvalue weighted by Crippen LogP contribution is 2.47. The molecule has 168 valence electrons. The van der Waals surface area contributed by atoms with Gasteiger partial charge in [0.25, 0.3) is 5.56 Å². The number of ketones is 1. The molecule has 0 unspecified atom stereocenters. The van der Waals surface area contributed by atoms with Crippen LogP contribution in [0.15, 0.2) is 70.0 Å². The number of aromatic nitrogens is 3. The van der Waals surface area contributed by atoms with E-state index in [1.54, 1.807) is 36.7 Å². The van der Waals surface area contributed by atoms with Crippen LogP contribution in [0.5, 0.6) is 0 Å². The van der Waals surface area contributed by atoms with E-state index in [4.69, 9.17) is 0 Å². The molecule has 1 atom stereocenters. The molecule has 8 heteroatoms. The summed E-state index contributed by atoms with van der Waals surface area (Å²) in [5.41, 5.74) is 2.64. The number of hydrogen-bond acceptors (Lipinski definition) is 6.